The summed E-state index contributed by atoms with van der Waals surface area (Å²) in [6.07, 6.45) is 7.72. The molecule has 1 fully saturated rings. The molecule has 29 heavy (non-hydrogen) atoms. The van der Waals surface area contributed by atoms with Gasteiger partial charge in [0.25, 0.3) is 5.91 Å². The van der Waals surface area contributed by atoms with E-state index < -0.39 is 0 Å². The molecular formula is C22H21FN4O2. The van der Waals surface area contributed by atoms with Crippen molar-refractivity contribution in [1.29, 1.82) is 0 Å². The van der Waals surface area contributed by atoms with Gasteiger partial charge in [0.15, 0.2) is 5.82 Å². The molecule has 1 amide bonds. The van der Waals surface area contributed by atoms with Crippen molar-refractivity contribution in [3.8, 4) is 17.1 Å². The van der Waals surface area contributed by atoms with Crippen LogP contribution in [0.1, 0.15) is 29.8 Å². The lowest BCUT2D eigenvalue weighted by Gasteiger charge is -2.21. The third kappa shape index (κ3) is 4.56. The van der Waals surface area contributed by atoms with E-state index in [1.54, 1.807) is 48.9 Å². The second kappa shape index (κ2) is 8.77. The van der Waals surface area contributed by atoms with Crippen molar-refractivity contribution in [2.45, 2.75) is 25.3 Å². The van der Waals surface area contributed by atoms with Gasteiger partial charge in [0.05, 0.1) is 12.2 Å². The van der Waals surface area contributed by atoms with Gasteiger partial charge in [0, 0.05) is 30.6 Å². The molecule has 2 aromatic heterocycles. The lowest BCUT2D eigenvalue weighted by molar-refractivity contribution is 0.0914. The summed E-state index contributed by atoms with van der Waals surface area (Å²) in [5.74, 6) is 0.734. The van der Waals surface area contributed by atoms with Gasteiger partial charge in [0.2, 0.25) is 0 Å². The first kappa shape index (κ1) is 19.0. The average Bonchev–Trinajstić information content (AvgIpc) is 3.21. The Morgan fingerprint density at radius 3 is 2.59 bits per heavy atom. The number of amides is 1. The summed E-state index contributed by atoms with van der Waals surface area (Å²) in [4.78, 5) is 25.7. The molecule has 0 bridgehead atoms. The first-order valence-electron chi connectivity index (χ1n) is 9.62. The summed E-state index contributed by atoms with van der Waals surface area (Å²) >= 11 is 0. The van der Waals surface area contributed by atoms with Crippen LogP contribution >= 0.6 is 0 Å². The summed E-state index contributed by atoms with van der Waals surface area (Å²) in [6, 6.07) is 11.2. The first-order chi connectivity index (χ1) is 14.2. The van der Waals surface area contributed by atoms with E-state index in [9.17, 15) is 9.18 Å². The van der Waals surface area contributed by atoms with Crippen LogP contribution in [0.2, 0.25) is 0 Å². The highest BCUT2D eigenvalue weighted by Gasteiger charge is 2.30. The number of ether oxygens (including phenoxy) is 1. The second-order valence-electron chi connectivity index (χ2n) is 7.01. The van der Waals surface area contributed by atoms with Crippen LogP contribution in [-0.4, -0.2) is 33.5 Å². The number of hydrogen-bond donors (Lipinski definition) is 1. The third-order valence-corrected chi connectivity index (χ3v) is 5.08. The largest absolute Gasteiger partial charge is 0.493 e. The molecule has 1 N–H and O–H groups in total. The highest BCUT2D eigenvalue weighted by molar-refractivity contribution is 5.98. The van der Waals surface area contributed by atoms with Crippen LogP contribution < -0.4 is 10.1 Å². The van der Waals surface area contributed by atoms with Crippen molar-refractivity contribution in [1.82, 2.24) is 20.3 Å². The van der Waals surface area contributed by atoms with Crippen LogP contribution in [0.15, 0.2) is 61.1 Å². The molecule has 0 radical (unpaired) electrons. The number of nitrogens with one attached hydrogen (secondary N) is 1. The SMILES string of the molecule is O=C(N[C@H]1CCC[C@@H]1COc1ccc(F)cc1)c1ncccc1-c1ncccn1. The molecule has 6 nitrogen and oxygen atoms in total. The fraction of sp³-hybridized carbons (Fsp3) is 0.273. The molecule has 1 aliphatic carbocycles. The monoisotopic (exact) mass is 392 g/mol. The molecule has 0 unspecified atom stereocenters. The highest BCUT2D eigenvalue weighted by atomic mass is 19.1. The number of benzene rings is 1. The van der Waals surface area contributed by atoms with Gasteiger partial charge in [-0.25, -0.2) is 14.4 Å². The minimum Gasteiger partial charge on any atom is -0.493 e. The minimum absolute atomic E-state index is 0.00510. The number of hydrogen-bond acceptors (Lipinski definition) is 5. The quantitative estimate of drug-likeness (QED) is 0.693. The molecule has 1 aliphatic rings. The molecule has 0 spiro atoms. The number of rotatable bonds is 6. The van der Waals surface area contributed by atoms with E-state index in [2.05, 4.69) is 20.3 Å². The maximum absolute atomic E-state index is 13.0. The number of carbonyl (C=O) groups excluding carboxylic acids is 1. The standard InChI is InChI=1S/C22H21FN4O2/c23-16-7-9-17(10-8-16)29-14-15-4-1-6-19(15)27-22(28)20-18(5-2-11-24-20)21-25-12-3-13-26-21/h2-3,5,7-13,15,19H,1,4,6,14H2,(H,27,28)/t15-,19+/m1/s1. The van der Waals surface area contributed by atoms with Crippen LogP contribution in [0.3, 0.4) is 0 Å². The zero-order valence-electron chi connectivity index (χ0n) is 15.8. The maximum Gasteiger partial charge on any atom is 0.270 e. The molecule has 2 atom stereocenters. The van der Waals surface area contributed by atoms with E-state index >= 15 is 0 Å². The van der Waals surface area contributed by atoms with E-state index in [-0.39, 0.29) is 23.7 Å². The van der Waals surface area contributed by atoms with Gasteiger partial charge in [-0.2, -0.15) is 0 Å². The number of carbonyl (C=O) groups is 1. The van der Waals surface area contributed by atoms with Gasteiger partial charge in [-0.05, 0) is 55.3 Å². The maximum atomic E-state index is 13.0. The summed E-state index contributed by atoms with van der Waals surface area (Å²) in [6.45, 7) is 0.466. The molecular weight excluding hydrogens is 371 g/mol. The van der Waals surface area contributed by atoms with E-state index in [0.717, 1.165) is 19.3 Å². The van der Waals surface area contributed by atoms with Gasteiger partial charge in [0.1, 0.15) is 17.3 Å². The Balaban J connectivity index is 1.43. The van der Waals surface area contributed by atoms with Crippen molar-refractivity contribution in [2.75, 3.05) is 6.61 Å². The Bertz CT molecular complexity index is 966. The number of nitrogens with zero attached hydrogens (tertiary/aromatic N) is 3. The van der Waals surface area contributed by atoms with Crippen LogP contribution in [0, 0.1) is 11.7 Å². The molecule has 7 heteroatoms. The first-order valence-corrected chi connectivity index (χ1v) is 9.62. The van der Waals surface area contributed by atoms with Crippen molar-refractivity contribution >= 4 is 5.91 Å². The van der Waals surface area contributed by atoms with Gasteiger partial charge >= 0.3 is 0 Å². The van der Waals surface area contributed by atoms with Crippen molar-refractivity contribution < 1.29 is 13.9 Å². The average molecular weight is 392 g/mol. The lowest BCUT2D eigenvalue weighted by Crippen LogP contribution is -2.39. The van der Waals surface area contributed by atoms with Crippen molar-refractivity contribution in [2.24, 2.45) is 5.92 Å². The number of aromatic nitrogens is 3. The smallest absolute Gasteiger partial charge is 0.270 e. The Labute approximate surface area is 168 Å². The van der Waals surface area contributed by atoms with Crippen molar-refractivity contribution in [3.63, 3.8) is 0 Å². The molecule has 2 heterocycles. The normalized spacial score (nSPS) is 18.4. The van der Waals surface area contributed by atoms with Crippen LogP contribution in [0.25, 0.3) is 11.4 Å². The van der Waals surface area contributed by atoms with E-state index in [4.69, 9.17) is 4.74 Å². The van der Waals surface area contributed by atoms with Crippen LogP contribution in [0.4, 0.5) is 4.39 Å². The van der Waals surface area contributed by atoms with Gasteiger partial charge in [-0.1, -0.05) is 6.42 Å². The van der Waals surface area contributed by atoms with Crippen LogP contribution in [0.5, 0.6) is 5.75 Å². The van der Waals surface area contributed by atoms with Gasteiger partial charge in [-0.15, -0.1) is 0 Å². The number of halogens is 1. The summed E-state index contributed by atoms with van der Waals surface area (Å²) in [5, 5.41) is 3.10. The van der Waals surface area contributed by atoms with E-state index in [1.807, 2.05) is 0 Å². The summed E-state index contributed by atoms with van der Waals surface area (Å²) < 4.78 is 18.8. The van der Waals surface area contributed by atoms with Gasteiger partial charge < -0.3 is 10.1 Å². The predicted molar refractivity (Wildman–Crippen MR) is 106 cm³/mol. The molecule has 0 aliphatic heterocycles. The zero-order chi connectivity index (χ0) is 20.1. The molecule has 0 saturated heterocycles. The molecule has 148 valence electrons. The van der Waals surface area contributed by atoms with Crippen LogP contribution in [-0.2, 0) is 0 Å². The lowest BCUT2D eigenvalue weighted by atomic mass is 10.0. The van der Waals surface area contributed by atoms with Gasteiger partial charge in [-0.3, -0.25) is 9.78 Å². The Morgan fingerprint density at radius 2 is 1.79 bits per heavy atom. The molecule has 3 aromatic rings. The summed E-state index contributed by atoms with van der Waals surface area (Å²) in [5.41, 5.74) is 0.909. The molecule has 1 saturated carbocycles. The highest BCUT2D eigenvalue weighted by Crippen LogP contribution is 2.27. The Morgan fingerprint density at radius 1 is 1.03 bits per heavy atom. The fourth-order valence-electron chi connectivity index (χ4n) is 3.60. The van der Waals surface area contributed by atoms with E-state index in [0.29, 0.717) is 29.4 Å². The minimum atomic E-state index is -0.295. The Hall–Kier alpha value is -3.35. The Kier molecular flexibility index (Phi) is 5.74. The zero-order valence-corrected chi connectivity index (χ0v) is 15.8. The topological polar surface area (TPSA) is 77.0 Å². The predicted octanol–water partition coefficient (Wildman–Crippen LogP) is 3.66. The molecule has 4 rings (SSSR count). The van der Waals surface area contributed by atoms with Crippen molar-refractivity contribution in [3.05, 3.63) is 72.6 Å². The van der Waals surface area contributed by atoms with E-state index in [1.165, 1.54) is 12.1 Å². The third-order valence-electron chi connectivity index (χ3n) is 5.08. The summed E-state index contributed by atoms with van der Waals surface area (Å²) in [7, 11) is 0. The number of pyridine rings is 1. The fourth-order valence-corrected chi connectivity index (χ4v) is 3.60. The molecule has 1 aromatic carbocycles. The second-order valence-corrected chi connectivity index (χ2v) is 7.01.